The summed E-state index contributed by atoms with van der Waals surface area (Å²) in [7, 11) is 0. The molecule has 6 nitrogen and oxygen atoms in total. The molecule has 0 radical (unpaired) electrons. The SMILES string of the molecule is CCC(N)C(C(N)CC)(C(N)CC)[N+](=O)[O-]. The minimum absolute atomic E-state index is 0.372. The molecule has 16 heavy (non-hydrogen) atoms. The highest BCUT2D eigenvalue weighted by Gasteiger charge is 2.56. The molecule has 6 heteroatoms. The Kier molecular flexibility index (Phi) is 5.85. The van der Waals surface area contributed by atoms with Gasteiger partial charge in [-0.2, -0.15) is 0 Å². The predicted molar refractivity (Wildman–Crippen MR) is 64.5 cm³/mol. The molecule has 0 rings (SSSR count). The van der Waals surface area contributed by atoms with Crippen LogP contribution in [0.5, 0.6) is 0 Å². The molecule has 0 aliphatic heterocycles. The summed E-state index contributed by atoms with van der Waals surface area (Å²) in [5, 5.41) is 11.4. The number of rotatable bonds is 7. The molecule has 0 fully saturated rings. The van der Waals surface area contributed by atoms with Crippen LogP contribution in [0.25, 0.3) is 0 Å². The maximum Gasteiger partial charge on any atom is 0.266 e. The van der Waals surface area contributed by atoms with E-state index in [0.717, 1.165) is 0 Å². The Morgan fingerprint density at radius 1 is 1.00 bits per heavy atom. The maximum atomic E-state index is 11.4. The van der Waals surface area contributed by atoms with Crippen LogP contribution >= 0.6 is 0 Å². The van der Waals surface area contributed by atoms with E-state index in [4.69, 9.17) is 17.2 Å². The van der Waals surface area contributed by atoms with Crippen LogP contribution in [0.1, 0.15) is 40.0 Å². The normalized spacial score (nSPS) is 20.9. The fourth-order valence-corrected chi connectivity index (χ4v) is 2.21. The minimum atomic E-state index is -1.42. The number of nitro groups is 1. The summed E-state index contributed by atoms with van der Waals surface area (Å²) in [6, 6.07) is -1.85. The first-order chi connectivity index (χ1) is 7.39. The van der Waals surface area contributed by atoms with Gasteiger partial charge in [-0.3, -0.25) is 10.1 Å². The van der Waals surface area contributed by atoms with Crippen molar-refractivity contribution in [3.05, 3.63) is 10.1 Å². The second kappa shape index (κ2) is 6.12. The van der Waals surface area contributed by atoms with Gasteiger partial charge in [0.15, 0.2) is 0 Å². The lowest BCUT2D eigenvalue weighted by atomic mass is 9.74. The van der Waals surface area contributed by atoms with Crippen molar-refractivity contribution in [3.63, 3.8) is 0 Å². The van der Waals surface area contributed by atoms with Crippen molar-refractivity contribution < 1.29 is 4.92 Å². The Labute approximate surface area is 96.7 Å². The van der Waals surface area contributed by atoms with Gasteiger partial charge in [0.05, 0.1) is 18.1 Å². The number of hydrogen-bond acceptors (Lipinski definition) is 5. The fourth-order valence-electron chi connectivity index (χ4n) is 2.21. The van der Waals surface area contributed by atoms with Crippen LogP contribution in [0.15, 0.2) is 0 Å². The summed E-state index contributed by atoms with van der Waals surface area (Å²) < 4.78 is 0. The van der Waals surface area contributed by atoms with Gasteiger partial charge in [-0.15, -0.1) is 0 Å². The molecule has 0 heterocycles. The molecule has 0 saturated heterocycles. The van der Waals surface area contributed by atoms with Crippen LogP contribution in [0.3, 0.4) is 0 Å². The summed E-state index contributed by atoms with van der Waals surface area (Å²) in [6.45, 7) is 5.44. The largest absolute Gasteiger partial charge is 0.322 e. The molecule has 0 aromatic carbocycles. The lowest BCUT2D eigenvalue weighted by molar-refractivity contribution is -0.582. The lowest BCUT2D eigenvalue weighted by Gasteiger charge is -2.38. The van der Waals surface area contributed by atoms with Gasteiger partial charge in [-0.25, -0.2) is 0 Å². The Bertz CT molecular complexity index is 208. The van der Waals surface area contributed by atoms with E-state index in [9.17, 15) is 10.1 Å². The van der Waals surface area contributed by atoms with Crippen LogP contribution in [-0.4, -0.2) is 28.6 Å². The van der Waals surface area contributed by atoms with Crippen molar-refractivity contribution in [2.45, 2.75) is 63.7 Å². The van der Waals surface area contributed by atoms with Gasteiger partial charge in [-0.1, -0.05) is 20.8 Å². The molecule has 0 spiro atoms. The average molecular weight is 232 g/mol. The van der Waals surface area contributed by atoms with Crippen molar-refractivity contribution in [1.82, 2.24) is 0 Å². The van der Waals surface area contributed by atoms with Gasteiger partial charge < -0.3 is 17.2 Å². The summed E-state index contributed by atoms with van der Waals surface area (Å²) in [6.07, 6.45) is 1.47. The standard InChI is InChI=1S/C10H24N4O2/c1-4-7(11)10(14(15)16,8(12)5-2)9(13)6-3/h7-9H,4-6,11-13H2,1-3H3. The molecule has 0 saturated carbocycles. The Hall–Kier alpha value is -0.720. The van der Waals surface area contributed by atoms with E-state index in [2.05, 4.69) is 0 Å². The summed E-state index contributed by atoms with van der Waals surface area (Å²) in [5.41, 5.74) is 16.3. The lowest BCUT2D eigenvalue weighted by Crippen LogP contribution is -2.72. The van der Waals surface area contributed by atoms with Crippen molar-refractivity contribution in [1.29, 1.82) is 0 Å². The fraction of sp³-hybridized carbons (Fsp3) is 1.00. The van der Waals surface area contributed by atoms with E-state index in [1.807, 2.05) is 20.8 Å². The van der Waals surface area contributed by atoms with Crippen molar-refractivity contribution in [2.24, 2.45) is 17.2 Å². The third-order valence-electron chi connectivity index (χ3n) is 3.42. The second-order valence-electron chi connectivity index (χ2n) is 4.19. The molecule has 3 unspecified atom stereocenters. The zero-order valence-electron chi connectivity index (χ0n) is 10.3. The van der Waals surface area contributed by atoms with E-state index in [1.165, 1.54) is 0 Å². The van der Waals surface area contributed by atoms with Crippen molar-refractivity contribution >= 4 is 0 Å². The maximum absolute atomic E-state index is 11.4. The third kappa shape index (κ3) is 2.34. The smallest absolute Gasteiger partial charge is 0.266 e. The minimum Gasteiger partial charge on any atom is -0.322 e. The van der Waals surface area contributed by atoms with Crippen LogP contribution < -0.4 is 17.2 Å². The van der Waals surface area contributed by atoms with Crippen LogP contribution in [0.2, 0.25) is 0 Å². The molecule has 96 valence electrons. The Balaban J connectivity index is 5.48. The Morgan fingerprint density at radius 2 is 1.25 bits per heavy atom. The highest BCUT2D eigenvalue weighted by molar-refractivity contribution is 5.04. The zero-order chi connectivity index (χ0) is 12.9. The van der Waals surface area contributed by atoms with Gasteiger partial charge in [0.2, 0.25) is 0 Å². The molecular formula is C10H24N4O2. The molecule has 0 aliphatic carbocycles. The van der Waals surface area contributed by atoms with Gasteiger partial charge in [0.1, 0.15) is 0 Å². The number of nitrogens with two attached hydrogens (primary N) is 3. The molecule has 6 N–H and O–H groups in total. The molecule has 0 amide bonds. The second-order valence-corrected chi connectivity index (χ2v) is 4.19. The molecular weight excluding hydrogens is 208 g/mol. The number of hydrogen-bond donors (Lipinski definition) is 3. The van der Waals surface area contributed by atoms with Crippen molar-refractivity contribution in [2.75, 3.05) is 0 Å². The Morgan fingerprint density at radius 3 is 1.38 bits per heavy atom. The summed E-state index contributed by atoms with van der Waals surface area (Å²) in [4.78, 5) is 11.0. The molecule has 0 aromatic rings. The quantitative estimate of drug-likeness (QED) is 0.428. The van der Waals surface area contributed by atoms with Gasteiger partial charge in [-0.05, 0) is 19.3 Å². The van der Waals surface area contributed by atoms with Gasteiger partial charge in [0, 0.05) is 4.92 Å². The van der Waals surface area contributed by atoms with Gasteiger partial charge in [0.25, 0.3) is 5.54 Å². The first kappa shape index (κ1) is 15.3. The van der Waals surface area contributed by atoms with Crippen LogP contribution in [0, 0.1) is 10.1 Å². The first-order valence-electron chi connectivity index (χ1n) is 5.80. The molecule has 0 aliphatic rings. The average Bonchev–Trinajstić information content (AvgIpc) is 2.28. The van der Waals surface area contributed by atoms with E-state index in [0.29, 0.717) is 19.3 Å². The molecule has 3 atom stereocenters. The molecule has 0 aromatic heterocycles. The molecule has 0 bridgehead atoms. The van der Waals surface area contributed by atoms with E-state index >= 15 is 0 Å². The first-order valence-corrected chi connectivity index (χ1v) is 5.80. The van der Waals surface area contributed by atoms with E-state index in [1.54, 1.807) is 0 Å². The highest BCUT2D eigenvalue weighted by atomic mass is 16.6. The van der Waals surface area contributed by atoms with E-state index in [-0.39, 0.29) is 4.92 Å². The van der Waals surface area contributed by atoms with Crippen LogP contribution in [-0.2, 0) is 0 Å². The monoisotopic (exact) mass is 232 g/mol. The summed E-state index contributed by atoms with van der Waals surface area (Å²) in [5.74, 6) is 0. The summed E-state index contributed by atoms with van der Waals surface area (Å²) >= 11 is 0. The number of nitrogens with zero attached hydrogens (tertiary/aromatic N) is 1. The third-order valence-corrected chi connectivity index (χ3v) is 3.42. The topological polar surface area (TPSA) is 121 Å². The zero-order valence-corrected chi connectivity index (χ0v) is 10.3. The van der Waals surface area contributed by atoms with Gasteiger partial charge >= 0.3 is 0 Å². The van der Waals surface area contributed by atoms with Crippen LogP contribution in [0.4, 0.5) is 0 Å². The predicted octanol–water partition coefficient (Wildman–Crippen LogP) is 0.214. The van der Waals surface area contributed by atoms with E-state index < -0.39 is 23.7 Å². The van der Waals surface area contributed by atoms with Crippen molar-refractivity contribution in [3.8, 4) is 0 Å². The highest BCUT2D eigenvalue weighted by Crippen LogP contribution is 2.26.